The molecule has 242 valence electrons. The topological polar surface area (TPSA) is 84.2 Å². The Kier molecular flexibility index (Phi) is 9.56. The van der Waals surface area contributed by atoms with Crippen LogP contribution >= 0.6 is 0 Å². The average Bonchev–Trinajstić information content (AvgIpc) is 2.88. The minimum Gasteiger partial charge on any atom is -0.458 e. The maximum Gasteiger partial charge on any atom is 0.490 e. The largest absolute Gasteiger partial charge is 0.490 e. The number of alkyl halides is 3. The second-order valence-corrected chi connectivity index (χ2v) is 16.5. The van der Waals surface area contributed by atoms with Crippen LogP contribution in [0.1, 0.15) is 127 Å². The molecule has 0 unspecified atom stereocenters. The van der Waals surface area contributed by atoms with Gasteiger partial charge in [-0.2, -0.15) is 18.4 Å². The van der Waals surface area contributed by atoms with Gasteiger partial charge in [0.1, 0.15) is 11.9 Å². The quantitative estimate of drug-likeness (QED) is 0.291. The minimum atomic E-state index is -5.04. The summed E-state index contributed by atoms with van der Waals surface area (Å²) in [5, 5.41) is 9.96. The first-order chi connectivity index (χ1) is 19.5. The van der Waals surface area contributed by atoms with E-state index in [0.717, 1.165) is 38.5 Å². The Morgan fingerprint density at radius 1 is 0.953 bits per heavy atom. The van der Waals surface area contributed by atoms with Crippen LogP contribution in [0.4, 0.5) is 13.2 Å². The number of carbonyl (C=O) groups excluding carboxylic acids is 3. The van der Waals surface area contributed by atoms with Crippen LogP contribution in [0.2, 0.25) is 0 Å². The van der Waals surface area contributed by atoms with Crippen LogP contribution in [0.3, 0.4) is 0 Å². The van der Waals surface area contributed by atoms with Crippen molar-refractivity contribution >= 4 is 17.5 Å². The Morgan fingerprint density at radius 3 is 2.12 bits per heavy atom. The van der Waals surface area contributed by atoms with Gasteiger partial charge < -0.3 is 9.53 Å². The zero-order valence-electron chi connectivity index (χ0n) is 27.7. The van der Waals surface area contributed by atoms with Crippen molar-refractivity contribution in [1.82, 2.24) is 0 Å². The molecule has 0 aromatic rings. The van der Waals surface area contributed by atoms with Crippen molar-refractivity contribution in [3.63, 3.8) is 0 Å². The molecule has 0 aromatic carbocycles. The second-order valence-electron chi connectivity index (χ2n) is 16.5. The average molecular weight is 608 g/mol. The van der Waals surface area contributed by atoms with E-state index in [0.29, 0.717) is 25.7 Å². The van der Waals surface area contributed by atoms with E-state index in [4.69, 9.17) is 4.74 Å². The number of halogens is 3. The molecular formula is C35H52F3NO4. The van der Waals surface area contributed by atoms with Crippen LogP contribution in [-0.4, -0.2) is 30.3 Å². The molecule has 0 bridgehead atoms. The van der Waals surface area contributed by atoms with E-state index in [1.165, 1.54) is 0 Å². The third-order valence-electron chi connectivity index (χ3n) is 12.4. The van der Waals surface area contributed by atoms with Gasteiger partial charge in [0.15, 0.2) is 5.78 Å². The van der Waals surface area contributed by atoms with Crippen molar-refractivity contribution in [2.75, 3.05) is 6.61 Å². The van der Waals surface area contributed by atoms with Gasteiger partial charge in [0.2, 0.25) is 0 Å². The Morgan fingerprint density at radius 2 is 1.56 bits per heavy atom. The smallest absolute Gasteiger partial charge is 0.458 e. The van der Waals surface area contributed by atoms with E-state index in [-0.39, 0.29) is 51.8 Å². The van der Waals surface area contributed by atoms with Crippen LogP contribution in [0, 0.1) is 55.7 Å². The lowest BCUT2D eigenvalue weighted by Crippen LogP contribution is -2.60. The van der Waals surface area contributed by atoms with Gasteiger partial charge in [-0.15, -0.1) is 0 Å². The van der Waals surface area contributed by atoms with Gasteiger partial charge in [-0.1, -0.05) is 67.9 Å². The lowest BCUT2D eigenvalue weighted by atomic mass is 9.38. The molecule has 3 aliphatic carbocycles. The lowest BCUT2D eigenvalue weighted by Gasteiger charge is -2.65. The molecule has 3 aliphatic rings. The van der Waals surface area contributed by atoms with E-state index in [1.807, 2.05) is 26.8 Å². The highest BCUT2D eigenvalue weighted by Gasteiger charge is 2.64. The number of fused-ring (bicyclic) bond motifs is 1. The summed E-state index contributed by atoms with van der Waals surface area (Å²) < 4.78 is 44.0. The van der Waals surface area contributed by atoms with Gasteiger partial charge in [0.05, 0.1) is 12.2 Å². The van der Waals surface area contributed by atoms with Crippen molar-refractivity contribution < 1.29 is 32.3 Å². The van der Waals surface area contributed by atoms with Crippen LogP contribution in [0.5, 0.6) is 0 Å². The number of nitriles is 1. The number of rotatable bonds is 5. The Labute approximate surface area is 256 Å². The van der Waals surface area contributed by atoms with Crippen LogP contribution in [0.15, 0.2) is 11.6 Å². The fraction of sp³-hybridized carbons (Fsp3) is 0.829. The summed E-state index contributed by atoms with van der Waals surface area (Å²) in [6.45, 7) is 18.1. The van der Waals surface area contributed by atoms with Crippen molar-refractivity contribution in [3.05, 3.63) is 11.6 Å². The third-order valence-corrected chi connectivity index (χ3v) is 12.4. The number of carbonyl (C=O) groups is 3. The molecule has 0 radical (unpaired) electrons. The second kappa shape index (κ2) is 11.6. The Hall–Kier alpha value is -2.17. The number of Topliss-reactive ketones (excluding diaryl/α,β-unsaturated/α-hetero) is 2. The summed E-state index contributed by atoms with van der Waals surface area (Å²) in [6, 6.07) is 2.15. The fourth-order valence-electron chi connectivity index (χ4n) is 9.21. The molecule has 0 saturated heterocycles. The normalized spacial score (nSPS) is 38.2. The summed E-state index contributed by atoms with van der Waals surface area (Å²) in [5.74, 6) is -2.40. The van der Waals surface area contributed by atoms with Crippen LogP contribution in [0.25, 0.3) is 0 Å². The lowest BCUT2D eigenvalue weighted by molar-refractivity contribution is -0.203. The van der Waals surface area contributed by atoms with Crippen molar-refractivity contribution in [3.8, 4) is 6.07 Å². The molecule has 0 amide bonds. The first kappa shape index (κ1) is 35.3. The molecule has 43 heavy (non-hydrogen) atoms. The van der Waals surface area contributed by atoms with Gasteiger partial charge in [-0.25, -0.2) is 4.79 Å². The number of ketones is 2. The van der Waals surface area contributed by atoms with E-state index in [1.54, 1.807) is 6.92 Å². The molecule has 2 fully saturated rings. The standard InChI is InChI=1S/C35H52F3NO4/c1-23(40)19-26-33(8)20-24(21-39)27(41)30(4,5)25(33)11-14-34(26,9)32(7)13-10-12-29(2,3)15-16-31(6,17-18-32)22-43-28(42)35(36,37)38/h20,25-26H,10-19,22H2,1-9H3/t25-,26+,31-,32-,33-,34+/m0/s1. The number of hydrogen-bond donors (Lipinski definition) is 0. The molecule has 6 atom stereocenters. The molecule has 0 heterocycles. The number of ether oxygens (including phenoxy) is 1. The molecule has 0 N–H and O–H groups in total. The van der Waals surface area contributed by atoms with E-state index < -0.39 is 28.4 Å². The van der Waals surface area contributed by atoms with Crippen LogP contribution in [-0.2, 0) is 19.1 Å². The van der Waals surface area contributed by atoms with Crippen molar-refractivity contribution in [2.45, 2.75) is 133 Å². The van der Waals surface area contributed by atoms with Crippen LogP contribution < -0.4 is 0 Å². The zero-order valence-corrected chi connectivity index (χ0v) is 27.7. The molecule has 0 spiro atoms. The Bertz CT molecular complexity index is 1200. The predicted octanol–water partition coefficient (Wildman–Crippen LogP) is 8.95. The third kappa shape index (κ3) is 6.76. The minimum absolute atomic E-state index is 0.0314. The maximum atomic E-state index is 13.3. The summed E-state index contributed by atoms with van der Waals surface area (Å²) in [5.41, 5.74) is -2.47. The number of allylic oxidation sites excluding steroid dienone is 2. The highest BCUT2D eigenvalue weighted by molar-refractivity contribution is 6.04. The SMILES string of the molecule is CC(=O)C[C@@H]1[C@@]2(C)C=C(C#N)C(=O)C(C)(C)[C@@H]2CC[C@@]1(C)[C@@]1(C)CCCC(C)(C)CC[C@](C)(COC(=O)C(F)(F)F)CC1. The van der Waals surface area contributed by atoms with Gasteiger partial charge in [0.25, 0.3) is 0 Å². The van der Waals surface area contributed by atoms with Crippen molar-refractivity contribution in [2.24, 2.45) is 44.3 Å². The van der Waals surface area contributed by atoms with E-state index >= 15 is 0 Å². The number of esters is 1. The van der Waals surface area contributed by atoms with Gasteiger partial charge >= 0.3 is 12.1 Å². The summed E-state index contributed by atoms with van der Waals surface area (Å²) >= 11 is 0. The predicted molar refractivity (Wildman–Crippen MR) is 160 cm³/mol. The molecule has 0 aliphatic heterocycles. The highest BCUT2D eigenvalue weighted by atomic mass is 19.4. The zero-order chi connectivity index (χ0) is 32.9. The van der Waals surface area contributed by atoms with E-state index in [2.05, 4.69) is 40.7 Å². The number of hydrogen-bond acceptors (Lipinski definition) is 5. The summed E-state index contributed by atoms with van der Waals surface area (Å²) in [6.07, 6.45) is 4.29. The van der Waals surface area contributed by atoms with Crippen molar-refractivity contribution in [1.29, 1.82) is 5.26 Å². The van der Waals surface area contributed by atoms with Gasteiger partial charge in [-0.3, -0.25) is 4.79 Å². The molecule has 0 aromatic heterocycles. The monoisotopic (exact) mass is 607 g/mol. The molecule has 3 rings (SSSR count). The highest BCUT2D eigenvalue weighted by Crippen LogP contribution is 2.69. The first-order valence-electron chi connectivity index (χ1n) is 15.9. The number of nitrogens with zero attached hydrogens (tertiary/aromatic N) is 1. The van der Waals surface area contributed by atoms with Gasteiger partial charge in [0, 0.05) is 17.3 Å². The van der Waals surface area contributed by atoms with E-state index in [9.17, 15) is 32.8 Å². The molecule has 8 heteroatoms. The first-order valence-corrected chi connectivity index (χ1v) is 15.9. The fourth-order valence-corrected chi connectivity index (χ4v) is 9.21. The Balaban J connectivity index is 2.10. The summed E-state index contributed by atoms with van der Waals surface area (Å²) in [4.78, 5) is 37.9. The van der Waals surface area contributed by atoms with Gasteiger partial charge in [-0.05, 0) is 91.8 Å². The molecule has 5 nitrogen and oxygen atoms in total. The molecule has 2 saturated carbocycles. The summed E-state index contributed by atoms with van der Waals surface area (Å²) in [7, 11) is 0. The molecular weight excluding hydrogens is 555 g/mol. The maximum absolute atomic E-state index is 13.3.